The minimum Gasteiger partial charge on any atom is -0.295 e. The van der Waals surface area contributed by atoms with Crippen molar-refractivity contribution in [2.75, 3.05) is 6.16 Å². The first-order chi connectivity index (χ1) is 13.7. The summed E-state index contributed by atoms with van der Waals surface area (Å²) in [6, 6.07) is 32.0. The average Bonchev–Trinajstić information content (AvgIpc) is 2.77. The lowest BCUT2D eigenvalue weighted by atomic mass is 10.0. The Morgan fingerprint density at radius 1 is 0.750 bits per heavy atom. The molecule has 0 aliphatic carbocycles. The van der Waals surface area contributed by atoms with E-state index < -0.39 is 7.26 Å². The first-order valence-electron chi connectivity index (χ1n) is 10.3. The molecule has 0 N–H and O–H groups in total. The van der Waals surface area contributed by atoms with Gasteiger partial charge in [0.15, 0.2) is 5.78 Å². The van der Waals surface area contributed by atoms with Crippen LogP contribution in [0.15, 0.2) is 91.0 Å². The lowest BCUT2D eigenvalue weighted by molar-refractivity contribution is -0.120. The molecule has 0 aliphatic rings. The average molecular weight is 389 g/mol. The minimum atomic E-state index is -2.04. The molecule has 0 aromatic heterocycles. The smallest absolute Gasteiger partial charge is 0.173 e. The number of carbonyl (C=O) groups excluding carboxylic acids is 1. The molecule has 1 nitrogen and oxygen atoms in total. The molecule has 0 amide bonds. The van der Waals surface area contributed by atoms with Gasteiger partial charge in [0.25, 0.3) is 0 Å². The number of rotatable bonds is 9. The van der Waals surface area contributed by atoms with E-state index in [9.17, 15) is 4.79 Å². The van der Waals surface area contributed by atoms with Gasteiger partial charge in [-0.05, 0) is 42.8 Å². The fraction of sp³-hybridized carbons (Fsp3) is 0.269. The van der Waals surface area contributed by atoms with Gasteiger partial charge in [-0.2, -0.15) is 0 Å². The maximum atomic E-state index is 13.4. The van der Waals surface area contributed by atoms with E-state index in [1.165, 1.54) is 15.9 Å². The highest BCUT2D eigenvalue weighted by Gasteiger charge is 2.47. The van der Waals surface area contributed by atoms with Gasteiger partial charge < -0.3 is 0 Å². The second-order valence-corrected chi connectivity index (χ2v) is 11.0. The number of hydrogen-bond acceptors (Lipinski definition) is 1. The number of ketones is 1. The molecular formula is C26H30OP+. The molecule has 3 aromatic rings. The van der Waals surface area contributed by atoms with Crippen molar-refractivity contribution in [2.24, 2.45) is 5.92 Å². The quantitative estimate of drug-likeness (QED) is 0.449. The maximum absolute atomic E-state index is 13.4. The van der Waals surface area contributed by atoms with Crippen LogP contribution in [-0.4, -0.2) is 11.9 Å². The van der Waals surface area contributed by atoms with Crippen LogP contribution in [0.4, 0.5) is 0 Å². The summed E-state index contributed by atoms with van der Waals surface area (Å²) < 4.78 is 0. The Morgan fingerprint density at radius 3 is 1.50 bits per heavy atom. The number of carbonyl (C=O) groups is 1. The molecule has 1 unspecified atom stereocenters. The number of benzene rings is 3. The summed E-state index contributed by atoms with van der Waals surface area (Å²) in [4.78, 5) is 13.4. The van der Waals surface area contributed by atoms with Gasteiger partial charge in [-0.15, -0.1) is 0 Å². The largest absolute Gasteiger partial charge is 0.295 e. The number of Topliss-reactive ketones (excluding diaryl/α,β-unsaturated/α-hetero) is 1. The van der Waals surface area contributed by atoms with Gasteiger partial charge in [0, 0.05) is 5.92 Å². The molecule has 3 aromatic carbocycles. The highest BCUT2D eigenvalue weighted by atomic mass is 31.2. The van der Waals surface area contributed by atoms with Crippen molar-refractivity contribution in [2.45, 2.75) is 33.1 Å². The predicted molar refractivity (Wildman–Crippen MR) is 124 cm³/mol. The van der Waals surface area contributed by atoms with E-state index in [1.54, 1.807) is 0 Å². The van der Waals surface area contributed by atoms with E-state index in [1.807, 2.05) is 0 Å². The van der Waals surface area contributed by atoms with E-state index in [2.05, 4.69) is 105 Å². The third-order valence-corrected chi connectivity index (χ3v) is 9.85. The van der Waals surface area contributed by atoms with Gasteiger partial charge in [0.05, 0.1) is 0 Å². The van der Waals surface area contributed by atoms with Crippen molar-refractivity contribution in [3.05, 3.63) is 91.0 Å². The number of hydrogen-bond donors (Lipinski definition) is 0. The maximum Gasteiger partial charge on any atom is 0.173 e. The zero-order valence-corrected chi connectivity index (χ0v) is 17.8. The van der Waals surface area contributed by atoms with Gasteiger partial charge in [0.1, 0.15) is 29.3 Å². The molecule has 0 saturated heterocycles. The van der Waals surface area contributed by atoms with Crippen LogP contribution in [-0.2, 0) is 4.79 Å². The third-order valence-electron chi connectivity index (χ3n) is 5.52. The zero-order valence-electron chi connectivity index (χ0n) is 16.9. The zero-order chi connectivity index (χ0) is 19.8. The van der Waals surface area contributed by atoms with Gasteiger partial charge in [-0.1, -0.05) is 81.3 Å². The van der Waals surface area contributed by atoms with Crippen molar-refractivity contribution < 1.29 is 4.79 Å². The molecular weight excluding hydrogens is 359 g/mol. The van der Waals surface area contributed by atoms with Crippen LogP contribution in [0.5, 0.6) is 0 Å². The van der Waals surface area contributed by atoms with Crippen LogP contribution in [0.1, 0.15) is 33.1 Å². The molecule has 0 heterocycles. The molecule has 0 fully saturated rings. The number of unbranched alkanes of at least 4 members (excludes halogenated alkanes) is 1. The van der Waals surface area contributed by atoms with Crippen LogP contribution < -0.4 is 15.9 Å². The SMILES string of the molecule is CCCCC(C)C(=O)C[P+](c1ccccc1)(c1ccccc1)c1ccccc1. The van der Waals surface area contributed by atoms with Crippen LogP contribution in [0.3, 0.4) is 0 Å². The van der Waals surface area contributed by atoms with E-state index in [-0.39, 0.29) is 5.92 Å². The first kappa shape index (κ1) is 20.5. The van der Waals surface area contributed by atoms with Crippen LogP contribution in [0.2, 0.25) is 0 Å². The Bertz CT molecular complexity index is 762. The lowest BCUT2D eigenvalue weighted by Crippen LogP contribution is -2.37. The summed E-state index contributed by atoms with van der Waals surface area (Å²) in [7, 11) is -2.04. The van der Waals surface area contributed by atoms with E-state index in [0.29, 0.717) is 11.9 Å². The fourth-order valence-electron chi connectivity index (χ4n) is 3.83. The molecule has 1 atom stereocenters. The summed E-state index contributed by atoms with van der Waals surface area (Å²) in [6.45, 7) is 4.29. The van der Waals surface area contributed by atoms with Crippen LogP contribution in [0, 0.1) is 5.92 Å². The van der Waals surface area contributed by atoms with E-state index in [4.69, 9.17) is 0 Å². The summed E-state index contributed by atoms with van der Waals surface area (Å²) in [5.74, 6) is 0.494. The summed E-state index contributed by atoms with van der Waals surface area (Å²) >= 11 is 0. The molecule has 0 aliphatic heterocycles. The molecule has 2 heteroatoms. The molecule has 144 valence electrons. The van der Waals surface area contributed by atoms with Crippen LogP contribution in [0.25, 0.3) is 0 Å². The second kappa shape index (κ2) is 9.80. The molecule has 3 rings (SSSR count). The standard InChI is InChI=1S/C26H30OP/c1-3-4-14-22(2)26(27)21-28(23-15-8-5-9-16-23,24-17-10-6-11-18-24)25-19-12-7-13-20-25/h5-13,15-20,22H,3-4,14,21H2,1-2H3/q+1. The van der Waals surface area contributed by atoms with Crippen molar-refractivity contribution in [3.8, 4) is 0 Å². The topological polar surface area (TPSA) is 17.1 Å². The van der Waals surface area contributed by atoms with Crippen molar-refractivity contribution in [1.29, 1.82) is 0 Å². The lowest BCUT2D eigenvalue weighted by Gasteiger charge is -2.28. The van der Waals surface area contributed by atoms with E-state index in [0.717, 1.165) is 19.3 Å². The monoisotopic (exact) mass is 389 g/mol. The highest BCUT2D eigenvalue weighted by Crippen LogP contribution is 2.55. The Balaban J connectivity index is 2.15. The summed E-state index contributed by atoms with van der Waals surface area (Å²) in [6.07, 6.45) is 3.82. The Morgan fingerprint density at radius 2 is 1.14 bits per heavy atom. The Kier molecular flexibility index (Phi) is 7.18. The second-order valence-electron chi connectivity index (χ2n) is 7.48. The molecule has 0 spiro atoms. The van der Waals surface area contributed by atoms with Crippen molar-refractivity contribution >= 4 is 29.0 Å². The van der Waals surface area contributed by atoms with Gasteiger partial charge in [-0.25, -0.2) is 0 Å². The van der Waals surface area contributed by atoms with Crippen molar-refractivity contribution in [1.82, 2.24) is 0 Å². The fourth-order valence-corrected chi connectivity index (χ4v) is 8.09. The molecule has 0 bridgehead atoms. The third kappa shape index (κ3) is 4.42. The van der Waals surface area contributed by atoms with Crippen molar-refractivity contribution in [3.63, 3.8) is 0 Å². The predicted octanol–water partition coefficient (Wildman–Crippen LogP) is 5.38. The van der Waals surface area contributed by atoms with Crippen LogP contribution >= 0.6 is 7.26 Å². The first-order valence-corrected chi connectivity index (χ1v) is 12.2. The highest BCUT2D eigenvalue weighted by molar-refractivity contribution is 7.96. The molecule has 0 saturated carbocycles. The summed E-state index contributed by atoms with van der Waals surface area (Å²) in [5, 5.41) is 3.84. The Hall–Kier alpha value is -2.24. The summed E-state index contributed by atoms with van der Waals surface area (Å²) in [5.41, 5.74) is 0. The van der Waals surface area contributed by atoms with Gasteiger partial charge in [0.2, 0.25) is 0 Å². The normalized spacial score (nSPS) is 12.5. The molecule has 28 heavy (non-hydrogen) atoms. The Labute approximate surface area is 170 Å². The molecule has 0 radical (unpaired) electrons. The van der Waals surface area contributed by atoms with Gasteiger partial charge >= 0.3 is 0 Å². The van der Waals surface area contributed by atoms with E-state index >= 15 is 0 Å². The van der Waals surface area contributed by atoms with Gasteiger partial charge in [-0.3, -0.25) is 4.79 Å². The minimum absolute atomic E-state index is 0.107.